The summed E-state index contributed by atoms with van der Waals surface area (Å²) in [5, 5.41) is 3.76. The second kappa shape index (κ2) is 13.6. The third-order valence-electron chi connectivity index (χ3n) is 7.19. The Morgan fingerprint density at radius 1 is 0.973 bits per heavy atom. The van der Waals surface area contributed by atoms with Gasteiger partial charge in [-0.05, 0) is 105 Å². The first-order valence-corrected chi connectivity index (χ1v) is 14.0. The van der Waals surface area contributed by atoms with Crippen molar-refractivity contribution in [2.75, 3.05) is 25.0 Å². The molecule has 1 N–H and O–H groups in total. The number of unbranched alkanes of at least 4 members (excludes halogenated alkanes) is 1. The van der Waals surface area contributed by atoms with Crippen LogP contribution in [-0.2, 0) is 4.79 Å². The number of nitrogens with zero attached hydrogens (tertiary/aromatic N) is 1. The summed E-state index contributed by atoms with van der Waals surface area (Å²) in [6.07, 6.45) is 5.62. The van der Waals surface area contributed by atoms with Crippen LogP contribution in [0.15, 0.2) is 78.9 Å². The van der Waals surface area contributed by atoms with Crippen LogP contribution < -0.4 is 10.1 Å². The molecule has 4 rings (SSSR count). The van der Waals surface area contributed by atoms with Crippen molar-refractivity contribution in [3.63, 3.8) is 0 Å². The van der Waals surface area contributed by atoms with Crippen LogP contribution in [0, 0.1) is 5.92 Å². The minimum atomic E-state index is -0.0149. The lowest BCUT2D eigenvalue weighted by Crippen LogP contribution is -2.33. The number of hydrogen-bond donors (Lipinski definition) is 1. The predicted molar refractivity (Wildman–Crippen MR) is 153 cm³/mol. The SMILES string of the molecule is CC(C)C(=O)Nc1cccc(C2CCN(CCCCC(Oc3ccc(Cl)cc3)c3ccccc3)CC2)c1. The van der Waals surface area contributed by atoms with E-state index in [1.54, 1.807) is 0 Å². The van der Waals surface area contributed by atoms with E-state index in [0.717, 1.165) is 68.2 Å². The molecular weight excluding hydrogens is 480 g/mol. The maximum atomic E-state index is 12.1. The van der Waals surface area contributed by atoms with Crippen LogP contribution in [-0.4, -0.2) is 30.4 Å². The highest BCUT2D eigenvalue weighted by molar-refractivity contribution is 6.30. The van der Waals surface area contributed by atoms with Crippen molar-refractivity contribution in [1.82, 2.24) is 4.90 Å². The number of rotatable bonds is 11. The number of nitrogens with one attached hydrogen (secondary N) is 1. The van der Waals surface area contributed by atoms with Gasteiger partial charge in [-0.25, -0.2) is 0 Å². The van der Waals surface area contributed by atoms with Crippen LogP contribution in [0.5, 0.6) is 5.75 Å². The van der Waals surface area contributed by atoms with E-state index in [0.29, 0.717) is 5.92 Å². The van der Waals surface area contributed by atoms with E-state index in [-0.39, 0.29) is 17.9 Å². The first kappa shape index (κ1) is 27.2. The summed E-state index contributed by atoms with van der Waals surface area (Å²) in [5.74, 6) is 1.47. The van der Waals surface area contributed by atoms with Gasteiger partial charge in [-0.1, -0.05) is 67.9 Å². The fraction of sp³-hybridized carbons (Fsp3) is 0.406. The molecule has 0 aromatic heterocycles. The van der Waals surface area contributed by atoms with E-state index >= 15 is 0 Å². The minimum absolute atomic E-state index is 0.0149. The van der Waals surface area contributed by atoms with Gasteiger partial charge >= 0.3 is 0 Å². The van der Waals surface area contributed by atoms with Crippen molar-refractivity contribution < 1.29 is 9.53 Å². The molecule has 5 heteroatoms. The van der Waals surface area contributed by atoms with Gasteiger partial charge in [-0.2, -0.15) is 0 Å². The van der Waals surface area contributed by atoms with Gasteiger partial charge in [0.1, 0.15) is 11.9 Å². The number of carbonyl (C=O) groups is 1. The third kappa shape index (κ3) is 8.34. The average molecular weight is 519 g/mol. The summed E-state index contributed by atoms with van der Waals surface area (Å²) in [6, 6.07) is 26.5. The van der Waals surface area contributed by atoms with E-state index in [2.05, 4.69) is 52.7 Å². The van der Waals surface area contributed by atoms with Crippen LogP contribution in [0.3, 0.4) is 0 Å². The average Bonchev–Trinajstić information content (AvgIpc) is 2.92. The van der Waals surface area contributed by atoms with Gasteiger partial charge in [-0.15, -0.1) is 0 Å². The zero-order valence-corrected chi connectivity index (χ0v) is 22.8. The molecule has 0 bridgehead atoms. The van der Waals surface area contributed by atoms with Gasteiger partial charge in [0, 0.05) is 16.6 Å². The molecule has 1 fully saturated rings. The Labute approximate surface area is 227 Å². The Bertz CT molecular complexity index is 1110. The van der Waals surface area contributed by atoms with E-state index < -0.39 is 0 Å². The van der Waals surface area contributed by atoms with Gasteiger partial charge in [0.05, 0.1) is 0 Å². The topological polar surface area (TPSA) is 41.6 Å². The normalized spacial score (nSPS) is 15.5. The number of hydrogen-bond acceptors (Lipinski definition) is 3. The van der Waals surface area contributed by atoms with Crippen LogP contribution in [0.25, 0.3) is 0 Å². The Balaban J connectivity index is 1.23. The molecule has 3 aromatic rings. The number of anilines is 1. The number of piperidine rings is 1. The molecule has 1 amide bonds. The minimum Gasteiger partial charge on any atom is -0.486 e. The van der Waals surface area contributed by atoms with Gasteiger partial charge in [-0.3, -0.25) is 4.79 Å². The first-order chi connectivity index (χ1) is 18.0. The lowest BCUT2D eigenvalue weighted by Gasteiger charge is -2.32. The van der Waals surface area contributed by atoms with Gasteiger partial charge in [0.15, 0.2) is 0 Å². The highest BCUT2D eigenvalue weighted by Crippen LogP contribution is 2.31. The summed E-state index contributed by atoms with van der Waals surface area (Å²) < 4.78 is 6.36. The van der Waals surface area contributed by atoms with Crippen LogP contribution in [0.2, 0.25) is 5.02 Å². The Hall–Kier alpha value is -2.82. The Morgan fingerprint density at radius 2 is 1.70 bits per heavy atom. The van der Waals surface area contributed by atoms with E-state index in [9.17, 15) is 4.79 Å². The number of ether oxygens (including phenoxy) is 1. The first-order valence-electron chi connectivity index (χ1n) is 13.6. The molecule has 0 aliphatic carbocycles. The summed E-state index contributed by atoms with van der Waals surface area (Å²) >= 11 is 6.05. The summed E-state index contributed by atoms with van der Waals surface area (Å²) in [4.78, 5) is 14.7. The van der Waals surface area contributed by atoms with Gasteiger partial charge in [0.25, 0.3) is 0 Å². The molecule has 3 aromatic carbocycles. The Morgan fingerprint density at radius 3 is 2.41 bits per heavy atom. The van der Waals surface area contributed by atoms with Crippen molar-refractivity contribution >= 4 is 23.2 Å². The van der Waals surface area contributed by atoms with E-state index in [4.69, 9.17) is 16.3 Å². The lowest BCUT2D eigenvalue weighted by molar-refractivity contribution is -0.118. The Kier molecular flexibility index (Phi) is 10.0. The maximum absolute atomic E-state index is 12.1. The molecule has 1 aliphatic rings. The summed E-state index contributed by atoms with van der Waals surface area (Å²) in [5.41, 5.74) is 3.46. The predicted octanol–water partition coefficient (Wildman–Crippen LogP) is 8.10. The highest BCUT2D eigenvalue weighted by Gasteiger charge is 2.21. The molecule has 1 heterocycles. The number of amides is 1. The number of carbonyl (C=O) groups excluding carboxylic acids is 1. The number of benzene rings is 3. The van der Waals surface area contributed by atoms with E-state index in [1.807, 2.05) is 50.2 Å². The zero-order chi connectivity index (χ0) is 26.0. The molecule has 0 radical (unpaired) electrons. The molecule has 1 atom stereocenters. The molecule has 0 saturated carbocycles. The van der Waals surface area contributed by atoms with Crippen molar-refractivity contribution in [2.45, 2.75) is 58.0 Å². The fourth-order valence-corrected chi connectivity index (χ4v) is 5.08. The number of halogens is 1. The fourth-order valence-electron chi connectivity index (χ4n) is 4.95. The largest absolute Gasteiger partial charge is 0.486 e. The second-order valence-corrected chi connectivity index (χ2v) is 10.8. The van der Waals surface area contributed by atoms with Crippen molar-refractivity contribution in [3.05, 3.63) is 95.0 Å². The molecule has 1 saturated heterocycles. The van der Waals surface area contributed by atoms with Crippen molar-refractivity contribution in [2.24, 2.45) is 5.92 Å². The maximum Gasteiger partial charge on any atom is 0.226 e. The smallest absolute Gasteiger partial charge is 0.226 e. The molecular formula is C32H39ClN2O2. The van der Waals surface area contributed by atoms with E-state index in [1.165, 1.54) is 11.1 Å². The van der Waals surface area contributed by atoms with Crippen molar-refractivity contribution in [1.29, 1.82) is 0 Å². The summed E-state index contributed by atoms with van der Waals surface area (Å²) in [7, 11) is 0. The zero-order valence-electron chi connectivity index (χ0n) is 22.0. The molecule has 37 heavy (non-hydrogen) atoms. The molecule has 1 unspecified atom stereocenters. The van der Waals surface area contributed by atoms with Crippen LogP contribution in [0.1, 0.15) is 69.1 Å². The summed E-state index contributed by atoms with van der Waals surface area (Å²) in [6.45, 7) is 7.21. The molecule has 196 valence electrons. The third-order valence-corrected chi connectivity index (χ3v) is 7.44. The quantitative estimate of drug-likeness (QED) is 0.261. The molecule has 4 nitrogen and oxygen atoms in total. The van der Waals surface area contributed by atoms with Gasteiger partial charge < -0.3 is 15.0 Å². The van der Waals surface area contributed by atoms with Crippen molar-refractivity contribution in [3.8, 4) is 5.75 Å². The van der Waals surface area contributed by atoms with Gasteiger partial charge in [0.2, 0.25) is 5.91 Å². The second-order valence-electron chi connectivity index (χ2n) is 10.4. The monoisotopic (exact) mass is 518 g/mol. The van der Waals surface area contributed by atoms with Crippen LogP contribution in [0.4, 0.5) is 5.69 Å². The lowest BCUT2D eigenvalue weighted by atomic mass is 9.89. The standard InChI is InChI=1S/C32H39ClN2O2/c1-24(2)32(36)34-29-12-8-11-27(23-29)25-18-21-35(22-19-25)20-7-6-13-31(26-9-4-3-5-10-26)37-30-16-14-28(33)15-17-30/h3-5,8-12,14-17,23-25,31H,6-7,13,18-22H2,1-2H3,(H,34,36). The molecule has 0 spiro atoms. The molecule has 1 aliphatic heterocycles. The number of likely N-dealkylation sites (tertiary alicyclic amines) is 1. The van der Waals surface area contributed by atoms with Crippen LogP contribution >= 0.6 is 11.6 Å². The highest BCUT2D eigenvalue weighted by atomic mass is 35.5.